The van der Waals surface area contributed by atoms with Gasteiger partial charge in [-0.3, -0.25) is 0 Å². The Bertz CT molecular complexity index is 583. The van der Waals surface area contributed by atoms with Gasteiger partial charge in [-0.05, 0) is 19.4 Å². The molecule has 1 aromatic carbocycles. The van der Waals surface area contributed by atoms with E-state index in [0.717, 1.165) is 29.3 Å². The molecule has 0 fully saturated rings. The molecule has 18 heavy (non-hydrogen) atoms. The van der Waals surface area contributed by atoms with Crippen LogP contribution in [-0.2, 0) is 0 Å². The lowest BCUT2D eigenvalue weighted by Crippen LogP contribution is -2.17. The van der Waals surface area contributed by atoms with Gasteiger partial charge < -0.3 is 10.5 Å². The molecule has 1 unspecified atom stereocenters. The molecule has 92 valence electrons. The fourth-order valence-electron chi connectivity index (χ4n) is 2.27. The molecule has 1 aliphatic rings. The van der Waals surface area contributed by atoms with E-state index in [1.54, 1.807) is 6.20 Å². The Kier molecular flexibility index (Phi) is 2.63. The van der Waals surface area contributed by atoms with Gasteiger partial charge in [0.15, 0.2) is 0 Å². The molecule has 1 aliphatic heterocycles. The molecule has 0 amide bonds. The summed E-state index contributed by atoms with van der Waals surface area (Å²) < 4.78 is 5.65. The lowest BCUT2D eigenvalue weighted by Gasteiger charge is -2.24. The number of hydrogen-bond donors (Lipinski definition) is 1. The number of ether oxygens (including phenoxy) is 1. The normalized spacial score (nSPS) is 17.9. The number of nitrogen functional groups attached to an aromatic ring is 1. The molecular formula is C14H15N3O. The summed E-state index contributed by atoms with van der Waals surface area (Å²) in [7, 11) is 0. The van der Waals surface area contributed by atoms with Crippen LogP contribution in [0.4, 0.5) is 5.69 Å². The van der Waals surface area contributed by atoms with Crippen molar-refractivity contribution in [2.24, 2.45) is 0 Å². The van der Waals surface area contributed by atoms with Crippen molar-refractivity contribution in [3.8, 4) is 5.75 Å². The number of nitrogens with two attached hydrogens (primary N) is 1. The SMILES string of the molecule is Cc1nc(C2CCOc3ccccc32)ncc1N. The summed E-state index contributed by atoms with van der Waals surface area (Å²) in [5.41, 5.74) is 8.40. The smallest absolute Gasteiger partial charge is 0.136 e. The molecule has 0 spiro atoms. The van der Waals surface area contributed by atoms with Crippen LogP contribution in [0.2, 0.25) is 0 Å². The molecule has 3 rings (SSSR count). The summed E-state index contributed by atoms with van der Waals surface area (Å²) in [5, 5.41) is 0. The Labute approximate surface area is 106 Å². The average Bonchev–Trinajstić information content (AvgIpc) is 2.41. The lowest BCUT2D eigenvalue weighted by molar-refractivity contribution is 0.274. The Hall–Kier alpha value is -2.10. The number of para-hydroxylation sites is 1. The number of anilines is 1. The highest BCUT2D eigenvalue weighted by Gasteiger charge is 2.25. The Balaban J connectivity index is 2.05. The summed E-state index contributed by atoms with van der Waals surface area (Å²) in [6.45, 7) is 2.61. The van der Waals surface area contributed by atoms with Crippen molar-refractivity contribution >= 4 is 5.69 Å². The van der Waals surface area contributed by atoms with E-state index in [0.29, 0.717) is 12.3 Å². The van der Waals surface area contributed by atoms with Gasteiger partial charge in [-0.2, -0.15) is 0 Å². The maximum Gasteiger partial charge on any atom is 0.136 e. The molecule has 4 heteroatoms. The van der Waals surface area contributed by atoms with Crippen LogP contribution in [0.3, 0.4) is 0 Å². The number of fused-ring (bicyclic) bond motifs is 1. The quantitative estimate of drug-likeness (QED) is 0.832. The molecule has 0 aliphatic carbocycles. The first-order valence-corrected chi connectivity index (χ1v) is 6.06. The lowest BCUT2D eigenvalue weighted by atomic mass is 9.92. The summed E-state index contributed by atoms with van der Waals surface area (Å²) in [6, 6.07) is 8.07. The number of benzene rings is 1. The zero-order valence-corrected chi connectivity index (χ0v) is 10.3. The van der Waals surface area contributed by atoms with E-state index < -0.39 is 0 Å². The van der Waals surface area contributed by atoms with E-state index in [2.05, 4.69) is 16.0 Å². The van der Waals surface area contributed by atoms with Crippen molar-refractivity contribution < 1.29 is 4.74 Å². The van der Waals surface area contributed by atoms with Crippen molar-refractivity contribution in [2.45, 2.75) is 19.3 Å². The minimum atomic E-state index is 0.203. The van der Waals surface area contributed by atoms with Crippen LogP contribution < -0.4 is 10.5 Å². The van der Waals surface area contributed by atoms with E-state index in [-0.39, 0.29) is 5.92 Å². The van der Waals surface area contributed by atoms with Gasteiger partial charge >= 0.3 is 0 Å². The van der Waals surface area contributed by atoms with E-state index in [4.69, 9.17) is 10.5 Å². The van der Waals surface area contributed by atoms with Gasteiger partial charge in [-0.1, -0.05) is 18.2 Å². The summed E-state index contributed by atoms with van der Waals surface area (Å²) >= 11 is 0. The largest absolute Gasteiger partial charge is 0.493 e. The molecule has 0 saturated heterocycles. The van der Waals surface area contributed by atoms with Gasteiger partial charge in [0.2, 0.25) is 0 Å². The van der Waals surface area contributed by atoms with E-state index in [9.17, 15) is 0 Å². The van der Waals surface area contributed by atoms with E-state index in [1.165, 1.54) is 0 Å². The fourth-order valence-corrected chi connectivity index (χ4v) is 2.27. The average molecular weight is 241 g/mol. The molecule has 1 aromatic heterocycles. The van der Waals surface area contributed by atoms with Gasteiger partial charge in [-0.15, -0.1) is 0 Å². The molecule has 0 saturated carbocycles. The minimum Gasteiger partial charge on any atom is -0.493 e. The van der Waals surface area contributed by atoms with Gasteiger partial charge in [-0.25, -0.2) is 9.97 Å². The highest BCUT2D eigenvalue weighted by atomic mass is 16.5. The number of aromatic nitrogens is 2. The van der Waals surface area contributed by atoms with Crippen molar-refractivity contribution in [2.75, 3.05) is 12.3 Å². The second kappa shape index (κ2) is 4.29. The van der Waals surface area contributed by atoms with Crippen molar-refractivity contribution in [3.63, 3.8) is 0 Å². The second-order valence-corrected chi connectivity index (χ2v) is 4.50. The van der Waals surface area contributed by atoms with Crippen LogP contribution >= 0.6 is 0 Å². The molecule has 0 radical (unpaired) electrons. The maximum atomic E-state index is 5.76. The van der Waals surface area contributed by atoms with Gasteiger partial charge in [0.25, 0.3) is 0 Å². The summed E-state index contributed by atoms with van der Waals surface area (Å²) in [6.07, 6.45) is 2.59. The monoisotopic (exact) mass is 241 g/mol. The number of hydrogen-bond acceptors (Lipinski definition) is 4. The first-order chi connectivity index (χ1) is 8.75. The zero-order chi connectivity index (χ0) is 12.5. The molecule has 0 bridgehead atoms. The van der Waals surface area contributed by atoms with Crippen LogP contribution in [-0.4, -0.2) is 16.6 Å². The molecule has 2 aromatic rings. The van der Waals surface area contributed by atoms with Crippen LogP contribution in [0.15, 0.2) is 30.5 Å². The third kappa shape index (κ3) is 1.79. The minimum absolute atomic E-state index is 0.203. The highest BCUT2D eigenvalue weighted by molar-refractivity contribution is 5.43. The maximum absolute atomic E-state index is 5.76. The van der Waals surface area contributed by atoms with Gasteiger partial charge in [0.1, 0.15) is 11.6 Å². The van der Waals surface area contributed by atoms with E-state index >= 15 is 0 Å². The predicted octanol–water partition coefficient (Wildman–Crippen LogP) is 2.28. The molecular weight excluding hydrogens is 226 g/mol. The molecule has 2 N–H and O–H groups in total. The standard InChI is InChI=1S/C14H15N3O/c1-9-12(15)8-16-14(17-9)11-6-7-18-13-5-3-2-4-10(11)13/h2-5,8,11H,6-7,15H2,1H3. The van der Waals surface area contributed by atoms with Crippen LogP contribution in [0.25, 0.3) is 0 Å². The van der Waals surface area contributed by atoms with Gasteiger partial charge in [0.05, 0.1) is 30.1 Å². The van der Waals surface area contributed by atoms with Crippen molar-refractivity contribution in [1.82, 2.24) is 9.97 Å². The third-order valence-electron chi connectivity index (χ3n) is 3.31. The Morgan fingerprint density at radius 2 is 2.17 bits per heavy atom. The Morgan fingerprint density at radius 3 is 3.00 bits per heavy atom. The van der Waals surface area contributed by atoms with Crippen LogP contribution in [0.1, 0.15) is 29.4 Å². The number of nitrogens with zero attached hydrogens (tertiary/aromatic N) is 2. The van der Waals surface area contributed by atoms with E-state index in [1.807, 2.05) is 25.1 Å². The zero-order valence-electron chi connectivity index (χ0n) is 10.3. The fraction of sp³-hybridized carbons (Fsp3) is 0.286. The van der Waals surface area contributed by atoms with Crippen LogP contribution in [0, 0.1) is 6.92 Å². The Morgan fingerprint density at radius 1 is 1.33 bits per heavy atom. The topological polar surface area (TPSA) is 61.0 Å². The van der Waals surface area contributed by atoms with Crippen molar-refractivity contribution in [3.05, 3.63) is 47.5 Å². The van der Waals surface area contributed by atoms with Crippen molar-refractivity contribution in [1.29, 1.82) is 0 Å². The molecule has 2 heterocycles. The first-order valence-electron chi connectivity index (χ1n) is 6.06. The van der Waals surface area contributed by atoms with Gasteiger partial charge in [0, 0.05) is 5.56 Å². The summed E-state index contributed by atoms with van der Waals surface area (Å²) in [4.78, 5) is 8.87. The third-order valence-corrected chi connectivity index (χ3v) is 3.31. The first kappa shape index (κ1) is 11.0. The second-order valence-electron chi connectivity index (χ2n) is 4.50. The number of rotatable bonds is 1. The highest BCUT2D eigenvalue weighted by Crippen LogP contribution is 2.36. The number of aryl methyl sites for hydroxylation is 1. The van der Waals surface area contributed by atoms with Crippen LogP contribution in [0.5, 0.6) is 5.75 Å². The summed E-state index contributed by atoms with van der Waals surface area (Å²) in [5.74, 6) is 1.97. The molecule has 1 atom stereocenters. The molecule has 4 nitrogen and oxygen atoms in total. The predicted molar refractivity (Wildman–Crippen MR) is 69.6 cm³/mol.